The first kappa shape index (κ1) is 21.9. The van der Waals surface area contributed by atoms with Crippen molar-refractivity contribution in [1.82, 2.24) is 20.9 Å². The summed E-state index contributed by atoms with van der Waals surface area (Å²) in [6.45, 7) is 0.431. The minimum atomic E-state index is -0.364. The summed E-state index contributed by atoms with van der Waals surface area (Å²) in [6, 6.07) is 13.5. The molecule has 31 heavy (non-hydrogen) atoms. The Hall–Kier alpha value is -3.80. The number of benzene rings is 1. The zero-order valence-electron chi connectivity index (χ0n) is 17.3. The molecule has 2 aromatic rings. The van der Waals surface area contributed by atoms with Crippen LogP contribution in [0.15, 0.2) is 58.8 Å². The van der Waals surface area contributed by atoms with E-state index in [1.807, 2.05) is 18.2 Å². The number of nitrogens with one attached hydrogen (secondary N) is 3. The Bertz CT molecular complexity index is 977. The average molecular weight is 419 g/mol. The van der Waals surface area contributed by atoms with Gasteiger partial charge in [-0.05, 0) is 48.6 Å². The van der Waals surface area contributed by atoms with Gasteiger partial charge in [-0.15, -0.1) is 9.90 Å². The molecule has 160 valence electrons. The van der Waals surface area contributed by atoms with Crippen LogP contribution in [0.5, 0.6) is 0 Å². The van der Waals surface area contributed by atoms with Crippen molar-refractivity contribution >= 4 is 17.7 Å². The van der Waals surface area contributed by atoms with Crippen LogP contribution in [0.4, 0.5) is 5.82 Å². The van der Waals surface area contributed by atoms with Crippen molar-refractivity contribution < 1.29 is 4.79 Å². The first-order valence-corrected chi connectivity index (χ1v) is 10.1. The molecule has 0 saturated heterocycles. The van der Waals surface area contributed by atoms with E-state index in [-0.39, 0.29) is 28.7 Å². The smallest absolute Gasteiger partial charge is 0.255 e. The number of rotatable bonds is 6. The highest BCUT2D eigenvalue weighted by Gasteiger charge is 2.37. The molecule has 0 atom stereocenters. The number of carbonyl (C=O) groups is 1. The second-order valence-corrected chi connectivity index (χ2v) is 7.52. The van der Waals surface area contributed by atoms with Crippen LogP contribution in [-0.2, 0) is 5.41 Å². The van der Waals surface area contributed by atoms with Crippen LogP contribution in [0, 0.1) is 16.4 Å². The van der Waals surface area contributed by atoms with E-state index in [0.29, 0.717) is 12.5 Å². The largest absolute Gasteiger partial charge is 0.359 e. The lowest BCUT2D eigenvalue weighted by Gasteiger charge is -2.41. The number of guanidine groups is 1. The number of nitriles is 1. The molecule has 1 fully saturated rings. The molecule has 0 unspecified atom stereocenters. The standard InChI is InChI=1S/C22H25N7O2/c1-24-21(27-15-23)28-17-9-11-22(12-10-17,16-6-3-2-4-7-16)14-26-20(30)18-8-5-13-25-19(18)29-31/h2-8,13,17H,9-12,14H2,1H3,(H,26,30)(H2,24,27,28)/t17-,22-. The van der Waals surface area contributed by atoms with Crippen molar-refractivity contribution in [3.8, 4) is 6.19 Å². The third-order valence-electron chi connectivity index (χ3n) is 5.77. The summed E-state index contributed by atoms with van der Waals surface area (Å²) in [7, 11) is 1.72. The first-order chi connectivity index (χ1) is 15.1. The van der Waals surface area contributed by atoms with Crippen molar-refractivity contribution in [3.05, 3.63) is 64.7 Å². The van der Waals surface area contributed by atoms with Gasteiger partial charge in [0.15, 0.2) is 0 Å². The molecule has 0 aliphatic heterocycles. The predicted molar refractivity (Wildman–Crippen MR) is 118 cm³/mol. The van der Waals surface area contributed by atoms with Gasteiger partial charge in [0.1, 0.15) is 0 Å². The Morgan fingerprint density at radius 3 is 2.61 bits per heavy atom. The minimum Gasteiger partial charge on any atom is -0.359 e. The molecule has 9 nitrogen and oxygen atoms in total. The normalized spacial score (nSPS) is 20.9. The van der Waals surface area contributed by atoms with E-state index in [1.165, 1.54) is 6.20 Å². The number of carbonyl (C=O) groups excluding carboxylic acids is 1. The monoisotopic (exact) mass is 419 g/mol. The molecule has 9 heteroatoms. The van der Waals surface area contributed by atoms with Crippen LogP contribution in [-0.4, -0.2) is 36.5 Å². The van der Waals surface area contributed by atoms with E-state index in [1.54, 1.807) is 25.4 Å². The number of pyridine rings is 1. The Labute approximate surface area is 181 Å². The fraction of sp³-hybridized carbons (Fsp3) is 0.364. The van der Waals surface area contributed by atoms with E-state index in [2.05, 4.69) is 43.2 Å². The third-order valence-corrected chi connectivity index (χ3v) is 5.77. The van der Waals surface area contributed by atoms with Gasteiger partial charge in [-0.25, -0.2) is 4.98 Å². The van der Waals surface area contributed by atoms with Crippen LogP contribution in [0.25, 0.3) is 0 Å². The lowest BCUT2D eigenvalue weighted by Crippen LogP contribution is -2.49. The summed E-state index contributed by atoms with van der Waals surface area (Å²) in [5.74, 6) is -0.0200. The van der Waals surface area contributed by atoms with Gasteiger partial charge in [0.2, 0.25) is 18.0 Å². The average Bonchev–Trinajstić information content (AvgIpc) is 2.83. The van der Waals surface area contributed by atoms with Gasteiger partial charge < -0.3 is 16.0 Å². The fourth-order valence-corrected chi connectivity index (χ4v) is 4.07. The van der Waals surface area contributed by atoms with E-state index in [4.69, 9.17) is 5.26 Å². The summed E-state index contributed by atoms with van der Waals surface area (Å²) >= 11 is 0. The summed E-state index contributed by atoms with van der Waals surface area (Å²) in [4.78, 5) is 31.3. The van der Waals surface area contributed by atoms with E-state index >= 15 is 0 Å². The quantitative estimate of drug-likeness (QED) is 0.285. The minimum absolute atomic E-state index is 0.113. The molecule has 1 aromatic heterocycles. The Morgan fingerprint density at radius 1 is 1.23 bits per heavy atom. The highest BCUT2D eigenvalue weighted by Crippen LogP contribution is 2.39. The van der Waals surface area contributed by atoms with Gasteiger partial charge in [-0.2, -0.15) is 5.26 Å². The summed E-state index contributed by atoms with van der Waals surface area (Å²) in [5, 5.41) is 20.8. The zero-order chi connectivity index (χ0) is 22.1. The Balaban J connectivity index is 1.74. The summed E-state index contributed by atoms with van der Waals surface area (Å²) < 4.78 is 0. The molecule has 0 radical (unpaired) electrons. The topological polar surface area (TPSA) is 132 Å². The zero-order valence-corrected chi connectivity index (χ0v) is 17.3. The number of nitrogens with zero attached hydrogens (tertiary/aromatic N) is 4. The molecule has 0 bridgehead atoms. The van der Waals surface area contributed by atoms with E-state index in [0.717, 1.165) is 31.2 Å². The number of aromatic nitrogens is 1. The van der Waals surface area contributed by atoms with Crippen molar-refractivity contribution in [2.75, 3.05) is 13.6 Å². The SMILES string of the molecule is CN/C(=N\C#N)N[C@H]1CC[C@](CNC(=O)c2cccnc2N=O)(c2ccccc2)CC1. The van der Waals surface area contributed by atoms with Crippen molar-refractivity contribution in [1.29, 1.82) is 5.26 Å². The van der Waals surface area contributed by atoms with Gasteiger partial charge in [0.25, 0.3) is 5.91 Å². The maximum Gasteiger partial charge on any atom is 0.255 e. The van der Waals surface area contributed by atoms with Crippen molar-refractivity contribution in [2.45, 2.75) is 37.1 Å². The Morgan fingerprint density at radius 2 is 1.97 bits per heavy atom. The van der Waals surface area contributed by atoms with Gasteiger partial charge >= 0.3 is 0 Å². The molecule has 1 aliphatic carbocycles. The lowest BCUT2D eigenvalue weighted by atomic mass is 9.68. The van der Waals surface area contributed by atoms with Crippen LogP contribution in [0.1, 0.15) is 41.6 Å². The van der Waals surface area contributed by atoms with E-state index in [9.17, 15) is 9.70 Å². The van der Waals surface area contributed by atoms with Crippen LogP contribution in [0.3, 0.4) is 0 Å². The van der Waals surface area contributed by atoms with Gasteiger partial charge in [-0.1, -0.05) is 30.3 Å². The molecule has 1 amide bonds. The van der Waals surface area contributed by atoms with Gasteiger partial charge in [0.05, 0.1) is 5.56 Å². The van der Waals surface area contributed by atoms with Crippen LogP contribution in [0.2, 0.25) is 0 Å². The number of nitroso groups, excluding NO2 is 1. The van der Waals surface area contributed by atoms with Crippen LogP contribution >= 0.6 is 0 Å². The van der Waals surface area contributed by atoms with Gasteiger partial charge in [0, 0.05) is 31.2 Å². The molecular formula is C22H25N7O2. The molecule has 1 heterocycles. The molecule has 1 aromatic carbocycles. The summed E-state index contributed by atoms with van der Waals surface area (Å²) in [5.41, 5.74) is 1.09. The van der Waals surface area contributed by atoms with Crippen LogP contribution < -0.4 is 16.0 Å². The second kappa shape index (κ2) is 10.3. The molecular weight excluding hydrogens is 394 g/mol. The lowest BCUT2D eigenvalue weighted by molar-refractivity contribution is 0.0935. The maximum atomic E-state index is 12.7. The highest BCUT2D eigenvalue weighted by atomic mass is 16.3. The second-order valence-electron chi connectivity index (χ2n) is 7.52. The van der Waals surface area contributed by atoms with Gasteiger partial charge in [-0.3, -0.25) is 4.79 Å². The molecule has 1 aliphatic rings. The Kier molecular flexibility index (Phi) is 7.27. The van der Waals surface area contributed by atoms with E-state index < -0.39 is 0 Å². The third kappa shape index (κ3) is 5.22. The number of aliphatic imine (C=N–C) groups is 1. The molecule has 1 saturated carbocycles. The van der Waals surface area contributed by atoms with Crippen molar-refractivity contribution in [3.63, 3.8) is 0 Å². The molecule has 3 rings (SSSR count). The molecule has 3 N–H and O–H groups in total. The number of hydrogen-bond donors (Lipinski definition) is 3. The molecule has 0 spiro atoms. The maximum absolute atomic E-state index is 12.7. The highest BCUT2D eigenvalue weighted by molar-refractivity contribution is 5.98. The predicted octanol–water partition coefficient (Wildman–Crippen LogP) is 2.74. The number of hydrogen-bond acceptors (Lipinski definition) is 6. The van der Waals surface area contributed by atoms with Crippen molar-refractivity contribution in [2.24, 2.45) is 10.2 Å². The number of amides is 1. The first-order valence-electron chi connectivity index (χ1n) is 10.1. The summed E-state index contributed by atoms with van der Waals surface area (Å²) in [6.07, 6.45) is 6.60. The fourth-order valence-electron chi connectivity index (χ4n) is 4.07.